The van der Waals surface area contributed by atoms with Crippen LogP contribution in [0.15, 0.2) is 10.8 Å². The van der Waals surface area contributed by atoms with E-state index in [2.05, 4.69) is 44.0 Å². The first-order valence-electron chi connectivity index (χ1n) is 2.64. The van der Waals surface area contributed by atoms with E-state index in [9.17, 15) is 0 Å². The molecule has 0 spiro atoms. The van der Waals surface area contributed by atoms with Crippen molar-refractivity contribution in [3.63, 3.8) is 0 Å². The minimum absolute atomic E-state index is 0.872. The third-order valence-corrected chi connectivity index (χ3v) is 2.01. The molecule has 1 rings (SSSR count). The van der Waals surface area contributed by atoms with Gasteiger partial charge in [0.2, 0.25) is 0 Å². The highest BCUT2D eigenvalue weighted by molar-refractivity contribution is 9.10. The van der Waals surface area contributed by atoms with Gasteiger partial charge in [-0.25, -0.2) is 4.98 Å². The van der Waals surface area contributed by atoms with Gasteiger partial charge in [0, 0.05) is 6.42 Å². The van der Waals surface area contributed by atoms with Crippen molar-refractivity contribution in [2.45, 2.75) is 13.3 Å². The fourth-order valence-corrected chi connectivity index (χ4v) is 1.81. The molecule has 0 aliphatic carbocycles. The summed E-state index contributed by atoms with van der Waals surface area (Å²) < 4.78 is 2.70. The molecule has 0 saturated heterocycles. The van der Waals surface area contributed by atoms with Crippen LogP contribution in [0.4, 0.5) is 0 Å². The lowest BCUT2D eigenvalue weighted by Gasteiger charge is -1.89. The van der Waals surface area contributed by atoms with E-state index in [-0.39, 0.29) is 0 Å². The topological polar surface area (TPSA) is 17.8 Å². The van der Waals surface area contributed by atoms with Gasteiger partial charge in [0.25, 0.3) is 0 Å². The van der Waals surface area contributed by atoms with Gasteiger partial charge in [-0.15, -0.1) is 0 Å². The van der Waals surface area contributed by atoms with Crippen molar-refractivity contribution >= 4 is 32.1 Å². The van der Waals surface area contributed by atoms with E-state index < -0.39 is 0 Å². The van der Waals surface area contributed by atoms with Crippen LogP contribution in [-0.4, -0.2) is 8.58 Å². The van der Waals surface area contributed by atoms with E-state index in [4.69, 9.17) is 0 Å². The molecule has 0 unspecified atom stereocenters. The van der Waals surface area contributed by atoms with Gasteiger partial charge in [-0.05, 0) is 15.9 Å². The molecule has 9 heavy (non-hydrogen) atoms. The molecule has 0 N–H and O–H groups in total. The second kappa shape index (κ2) is 2.84. The van der Waals surface area contributed by atoms with Crippen molar-refractivity contribution in [2.24, 2.45) is 0 Å². The van der Waals surface area contributed by atoms with Crippen LogP contribution in [0.25, 0.3) is 0 Å². The molecule has 1 aromatic rings. The number of halogens is 2. The van der Waals surface area contributed by atoms with Crippen molar-refractivity contribution in [3.05, 3.63) is 16.6 Å². The summed E-state index contributed by atoms with van der Waals surface area (Å²) in [5.41, 5.74) is 0. The number of imidazole rings is 1. The highest BCUT2D eigenvalue weighted by atomic mass is 79.9. The molecular weight excluding hydrogens is 248 g/mol. The normalized spacial score (nSPS) is 10.1. The van der Waals surface area contributed by atoms with Crippen molar-refractivity contribution < 1.29 is 0 Å². The average molecular weight is 254 g/mol. The highest BCUT2D eigenvalue weighted by Gasteiger charge is 1.99. The van der Waals surface area contributed by atoms with Gasteiger partial charge in [-0.1, -0.05) is 6.92 Å². The van der Waals surface area contributed by atoms with Gasteiger partial charge < -0.3 is 0 Å². The number of rotatable bonds is 1. The Kier molecular flexibility index (Phi) is 2.29. The summed E-state index contributed by atoms with van der Waals surface area (Å²) >= 11 is 6.56. The Morgan fingerprint density at radius 3 is 2.67 bits per heavy atom. The van der Waals surface area contributed by atoms with Gasteiger partial charge in [0.15, 0.2) is 0 Å². The van der Waals surface area contributed by atoms with Crippen LogP contribution in [0.1, 0.15) is 12.7 Å². The summed E-state index contributed by atoms with van der Waals surface area (Å²) in [6, 6.07) is 0. The van der Waals surface area contributed by atoms with Crippen molar-refractivity contribution in [1.82, 2.24) is 8.58 Å². The van der Waals surface area contributed by atoms with E-state index in [0.29, 0.717) is 0 Å². The van der Waals surface area contributed by atoms with Crippen LogP contribution in [0.2, 0.25) is 0 Å². The predicted octanol–water partition coefficient (Wildman–Crippen LogP) is 2.37. The first-order valence-corrected chi connectivity index (χ1v) is 4.14. The summed E-state index contributed by atoms with van der Waals surface area (Å²) in [6.07, 6.45) is 2.82. The SMILES string of the molecule is CCc1nc(Br)cn1Br. The largest absolute Gasteiger partial charge is 0.269 e. The maximum absolute atomic E-state index is 4.16. The van der Waals surface area contributed by atoms with Crippen LogP contribution in [0.3, 0.4) is 0 Å². The summed E-state index contributed by atoms with van der Waals surface area (Å²) in [5.74, 6) is 1.03. The van der Waals surface area contributed by atoms with Gasteiger partial charge >= 0.3 is 0 Å². The molecule has 2 nitrogen and oxygen atoms in total. The molecular formula is C5H6Br2N2. The molecule has 0 aliphatic rings. The number of hydrogen-bond donors (Lipinski definition) is 0. The fourth-order valence-electron chi connectivity index (χ4n) is 0.598. The van der Waals surface area contributed by atoms with Crippen molar-refractivity contribution in [1.29, 1.82) is 0 Å². The molecule has 0 amide bonds. The summed E-state index contributed by atoms with van der Waals surface area (Å²) in [7, 11) is 0. The number of aryl methyl sites for hydroxylation is 1. The minimum Gasteiger partial charge on any atom is -0.269 e. The Bertz CT molecular complexity index is 207. The van der Waals surface area contributed by atoms with E-state index in [0.717, 1.165) is 16.8 Å². The Hall–Kier alpha value is 0.170. The zero-order valence-electron chi connectivity index (χ0n) is 4.93. The van der Waals surface area contributed by atoms with Crippen LogP contribution >= 0.6 is 32.1 Å². The molecule has 0 aliphatic heterocycles. The smallest absolute Gasteiger partial charge is 0.125 e. The summed E-state index contributed by atoms with van der Waals surface area (Å²) in [4.78, 5) is 4.16. The monoisotopic (exact) mass is 252 g/mol. The van der Waals surface area contributed by atoms with Gasteiger partial charge in [-0.2, -0.15) is 0 Å². The van der Waals surface area contributed by atoms with Crippen LogP contribution in [0.5, 0.6) is 0 Å². The molecule has 1 heterocycles. The fraction of sp³-hybridized carbons (Fsp3) is 0.400. The molecule has 0 fully saturated rings. The van der Waals surface area contributed by atoms with Gasteiger partial charge in [-0.3, -0.25) is 3.59 Å². The molecule has 1 aromatic heterocycles. The maximum atomic E-state index is 4.16. The minimum atomic E-state index is 0.872. The molecule has 0 aromatic carbocycles. The second-order valence-electron chi connectivity index (χ2n) is 1.64. The Morgan fingerprint density at radius 2 is 2.44 bits per heavy atom. The van der Waals surface area contributed by atoms with Crippen LogP contribution in [0, 0.1) is 0 Å². The molecule has 0 bridgehead atoms. The van der Waals surface area contributed by atoms with Crippen LogP contribution in [-0.2, 0) is 6.42 Å². The van der Waals surface area contributed by atoms with Gasteiger partial charge in [0.05, 0.1) is 22.3 Å². The zero-order valence-corrected chi connectivity index (χ0v) is 8.11. The standard InChI is InChI=1S/C5H6Br2N2/c1-2-5-8-4(6)3-9(5)7/h3H,2H2,1H3. The maximum Gasteiger partial charge on any atom is 0.125 e. The zero-order chi connectivity index (χ0) is 6.85. The third kappa shape index (κ3) is 1.55. The molecule has 0 atom stereocenters. The molecule has 50 valence electrons. The lowest BCUT2D eigenvalue weighted by molar-refractivity contribution is 0.966. The van der Waals surface area contributed by atoms with E-state index in [1.54, 1.807) is 0 Å². The number of hydrogen-bond acceptors (Lipinski definition) is 1. The van der Waals surface area contributed by atoms with Crippen molar-refractivity contribution in [2.75, 3.05) is 0 Å². The number of nitrogens with zero attached hydrogens (tertiary/aromatic N) is 2. The third-order valence-electron chi connectivity index (χ3n) is 1.02. The van der Waals surface area contributed by atoms with E-state index in [1.165, 1.54) is 0 Å². The summed E-state index contributed by atoms with van der Waals surface area (Å²) in [5, 5.41) is 0. The predicted molar refractivity (Wildman–Crippen MR) is 43.6 cm³/mol. The van der Waals surface area contributed by atoms with E-state index >= 15 is 0 Å². The molecule has 4 heteroatoms. The van der Waals surface area contributed by atoms with Crippen molar-refractivity contribution in [3.8, 4) is 0 Å². The summed E-state index contributed by atoms with van der Waals surface area (Å²) in [6.45, 7) is 2.06. The lowest BCUT2D eigenvalue weighted by Crippen LogP contribution is -1.86. The average Bonchev–Trinajstić information content (AvgIpc) is 2.10. The lowest BCUT2D eigenvalue weighted by atomic mass is 10.5. The first kappa shape index (κ1) is 7.28. The van der Waals surface area contributed by atoms with Crippen LogP contribution < -0.4 is 0 Å². The second-order valence-corrected chi connectivity index (χ2v) is 3.22. The molecule has 0 saturated carbocycles. The molecule has 0 radical (unpaired) electrons. The Morgan fingerprint density at radius 1 is 1.78 bits per heavy atom. The first-order chi connectivity index (χ1) is 4.24. The van der Waals surface area contributed by atoms with Gasteiger partial charge in [0.1, 0.15) is 10.4 Å². The highest BCUT2D eigenvalue weighted by Crippen LogP contribution is 2.11. The quantitative estimate of drug-likeness (QED) is 0.752. The van der Waals surface area contributed by atoms with E-state index in [1.807, 2.05) is 9.79 Å². The Balaban J connectivity index is 3.01. The Labute approximate surface area is 70.7 Å². The number of aromatic nitrogens is 2.